The fourth-order valence-electron chi connectivity index (χ4n) is 1.97. The molecular weight excluding hydrogens is 342 g/mol. The maximum Gasteiger partial charge on any atom is 0.254 e. The van der Waals surface area contributed by atoms with E-state index in [0.29, 0.717) is 0 Å². The molecule has 0 fully saturated rings. The van der Waals surface area contributed by atoms with Gasteiger partial charge >= 0.3 is 0 Å². The van der Waals surface area contributed by atoms with Crippen LogP contribution in [0.1, 0.15) is 22.0 Å². The van der Waals surface area contributed by atoms with Gasteiger partial charge < -0.3 is 10.4 Å². The van der Waals surface area contributed by atoms with E-state index in [-0.39, 0.29) is 12.1 Å². The van der Waals surface area contributed by atoms with E-state index in [1.807, 2.05) is 0 Å². The smallest absolute Gasteiger partial charge is 0.254 e. The monoisotopic (exact) mass is 356 g/mol. The zero-order valence-corrected chi connectivity index (χ0v) is 13.1. The maximum atomic E-state index is 13.7. The lowest BCUT2D eigenvalue weighted by Gasteiger charge is -2.13. The Morgan fingerprint density at radius 2 is 1.92 bits per heavy atom. The number of carbonyl (C=O) groups excluding carboxylic acids is 1. The van der Waals surface area contributed by atoms with Gasteiger partial charge in [-0.3, -0.25) is 4.79 Å². The molecule has 0 aliphatic rings. The van der Waals surface area contributed by atoms with Crippen LogP contribution in [0.3, 0.4) is 0 Å². The number of primary sulfonamides is 1. The Labute approximate surface area is 137 Å². The standard InChI is InChI=1S/C15H14F2N2O4S/c16-10-3-1-2-9(6-10)14(20)8-19-15(21)12-7-11(24(18,22)23)4-5-13(12)17/h1-7,14,20H,8H2,(H,19,21)(H2,18,22,23). The van der Waals surface area contributed by atoms with Crippen LogP contribution < -0.4 is 10.5 Å². The normalized spacial score (nSPS) is 12.7. The first-order valence-electron chi connectivity index (χ1n) is 6.72. The van der Waals surface area contributed by atoms with E-state index >= 15 is 0 Å². The second-order valence-corrected chi connectivity index (χ2v) is 6.53. The molecule has 0 aliphatic heterocycles. The summed E-state index contributed by atoms with van der Waals surface area (Å²) in [5, 5.41) is 17.1. The highest BCUT2D eigenvalue weighted by atomic mass is 32.2. The number of halogens is 2. The molecule has 0 aromatic heterocycles. The third-order valence-corrected chi connectivity index (χ3v) is 4.11. The Bertz CT molecular complexity index is 872. The molecule has 1 atom stereocenters. The minimum Gasteiger partial charge on any atom is -0.387 e. The van der Waals surface area contributed by atoms with Crippen LogP contribution in [0.5, 0.6) is 0 Å². The summed E-state index contributed by atoms with van der Waals surface area (Å²) in [7, 11) is -4.09. The summed E-state index contributed by atoms with van der Waals surface area (Å²) in [4.78, 5) is 11.6. The van der Waals surface area contributed by atoms with Crippen molar-refractivity contribution in [2.75, 3.05) is 6.54 Å². The topological polar surface area (TPSA) is 109 Å². The van der Waals surface area contributed by atoms with E-state index in [1.54, 1.807) is 0 Å². The van der Waals surface area contributed by atoms with Gasteiger partial charge in [-0.15, -0.1) is 0 Å². The number of rotatable bonds is 5. The highest BCUT2D eigenvalue weighted by molar-refractivity contribution is 7.89. The van der Waals surface area contributed by atoms with Crippen molar-refractivity contribution < 1.29 is 27.1 Å². The Morgan fingerprint density at radius 1 is 1.21 bits per heavy atom. The number of sulfonamides is 1. The summed E-state index contributed by atoms with van der Waals surface area (Å²) >= 11 is 0. The van der Waals surface area contributed by atoms with Gasteiger partial charge in [0.25, 0.3) is 5.91 Å². The molecule has 2 rings (SSSR count). The lowest BCUT2D eigenvalue weighted by Crippen LogP contribution is -2.29. The van der Waals surface area contributed by atoms with Crippen LogP contribution in [0, 0.1) is 11.6 Å². The van der Waals surface area contributed by atoms with Gasteiger partial charge in [0.1, 0.15) is 11.6 Å². The summed E-state index contributed by atoms with van der Waals surface area (Å²) in [6.07, 6.45) is -1.21. The van der Waals surface area contributed by atoms with Crippen LogP contribution in [0.25, 0.3) is 0 Å². The van der Waals surface area contributed by atoms with Gasteiger partial charge in [0.2, 0.25) is 10.0 Å². The van der Waals surface area contributed by atoms with Crippen LogP contribution in [-0.2, 0) is 10.0 Å². The minimum atomic E-state index is -4.09. The van der Waals surface area contributed by atoms with Gasteiger partial charge in [-0.25, -0.2) is 22.3 Å². The maximum absolute atomic E-state index is 13.7. The number of amides is 1. The van der Waals surface area contributed by atoms with E-state index in [9.17, 15) is 27.1 Å². The number of hydrogen-bond donors (Lipinski definition) is 3. The molecule has 0 spiro atoms. The number of hydrogen-bond acceptors (Lipinski definition) is 4. The van der Waals surface area contributed by atoms with Gasteiger partial charge in [-0.2, -0.15) is 0 Å². The molecule has 1 amide bonds. The number of nitrogens with two attached hydrogens (primary N) is 1. The Morgan fingerprint density at radius 3 is 2.54 bits per heavy atom. The number of carbonyl (C=O) groups is 1. The van der Waals surface area contributed by atoms with Crippen molar-refractivity contribution >= 4 is 15.9 Å². The van der Waals surface area contributed by atoms with Crippen LogP contribution >= 0.6 is 0 Å². The van der Waals surface area contributed by atoms with Crippen molar-refractivity contribution in [1.29, 1.82) is 0 Å². The number of aliphatic hydroxyl groups excluding tert-OH is 1. The highest BCUT2D eigenvalue weighted by Gasteiger charge is 2.18. The molecule has 6 nitrogen and oxygen atoms in total. The van der Waals surface area contributed by atoms with E-state index in [1.165, 1.54) is 18.2 Å². The first-order chi connectivity index (χ1) is 11.2. The molecule has 0 saturated carbocycles. The molecule has 2 aromatic carbocycles. The molecule has 1 unspecified atom stereocenters. The summed E-state index contributed by atoms with van der Waals surface area (Å²) < 4.78 is 49.3. The number of nitrogens with one attached hydrogen (secondary N) is 1. The molecule has 128 valence electrons. The van der Waals surface area contributed by atoms with Crippen LogP contribution in [-0.4, -0.2) is 26.0 Å². The summed E-state index contributed by atoms with van der Waals surface area (Å²) in [5.41, 5.74) is -0.304. The van der Waals surface area contributed by atoms with E-state index in [2.05, 4.69) is 5.32 Å². The summed E-state index contributed by atoms with van der Waals surface area (Å²) in [6.45, 7) is -0.318. The predicted octanol–water partition coefficient (Wildman–Crippen LogP) is 1.08. The number of benzene rings is 2. The van der Waals surface area contributed by atoms with E-state index < -0.39 is 44.1 Å². The Hall–Kier alpha value is -2.36. The lowest BCUT2D eigenvalue weighted by atomic mass is 10.1. The van der Waals surface area contributed by atoms with Crippen molar-refractivity contribution in [3.05, 3.63) is 65.2 Å². The van der Waals surface area contributed by atoms with Crippen LogP contribution in [0.15, 0.2) is 47.4 Å². The van der Waals surface area contributed by atoms with Crippen LogP contribution in [0.4, 0.5) is 8.78 Å². The third kappa shape index (κ3) is 4.34. The minimum absolute atomic E-state index is 0.231. The molecule has 0 radical (unpaired) electrons. The van der Waals surface area contributed by atoms with Crippen molar-refractivity contribution in [3.63, 3.8) is 0 Å². The summed E-state index contributed by atoms with van der Waals surface area (Å²) in [5.74, 6) is -2.43. The van der Waals surface area contributed by atoms with Gasteiger partial charge in [-0.1, -0.05) is 12.1 Å². The predicted molar refractivity (Wildman–Crippen MR) is 81.5 cm³/mol. The number of aliphatic hydroxyl groups is 1. The molecule has 24 heavy (non-hydrogen) atoms. The SMILES string of the molecule is NS(=O)(=O)c1ccc(F)c(C(=O)NCC(O)c2cccc(F)c2)c1. The first kappa shape index (κ1) is 18.0. The molecular formula is C15H14F2N2O4S. The average molecular weight is 356 g/mol. The van der Waals surface area contributed by atoms with Crippen molar-refractivity contribution in [2.24, 2.45) is 5.14 Å². The fourth-order valence-corrected chi connectivity index (χ4v) is 2.51. The van der Waals surface area contributed by atoms with Gasteiger partial charge in [0, 0.05) is 6.54 Å². The quantitative estimate of drug-likeness (QED) is 0.744. The van der Waals surface area contributed by atoms with Crippen molar-refractivity contribution in [2.45, 2.75) is 11.0 Å². The lowest BCUT2D eigenvalue weighted by molar-refractivity contribution is 0.0912. The zero-order valence-electron chi connectivity index (χ0n) is 12.2. The molecule has 0 bridgehead atoms. The van der Waals surface area contributed by atoms with Gasteiger partial charge in [-0.05, 0) is 35.9 Å². The van der Waals surface area contributed by atoms with E-state index in [4.69, 9.17) is 5.14 Å². The molecule has 4 N–H and O–H groups in total. The second kappa shape index (κ2) is 7.04. The van der Waals surface area contributed by atoms with Gasteiger partial charge in [0.15, 0.2) is 0 Å². The largest absolute Gasteiger partial charge is 0.387 e. The Kier molecular flexibility index (Phi) is 5.27. The highest BCUT2D eigenvalue weighted by Crippen LogP contribution is 2.16. The first-order valence-corrected chi connectivity index (χ1v) is 8.27. The molecule has 2 aromatic rings. The summed E-state index contributed by atoms with van der Waals surface area (Å²) in [6, 6.07) is 7.68. The third-order valence-electron chi connectivity index (χ3n) is 3.20. The Balaban J connectivity index is 2.13. The zero-order chi connectivity index (χ0) is 17.9. The molecule has 0 saturated heterocycles. The van der Waals surface area contributed by atoms with Gasteiger partial charge in [0.05, 0.1) is 16.6 Å². The van der Waals surface area contributed by atoms with Crippen LogP contribution in [0.2, 0.25) is 0 Å². The fraction of sp³-hybridized carbons (Fsp3) is 0.133. The molecule has 9 heteroatoms. The van der Waals surface area contributed by atoms with Crippen molar-refractivity contribution in [1.82, 2.24) is 5.32 Å². The average Bonchev–Trinajstić information content (AvgIpc) is 2.51. The van der Waals surface area contributed by atoms with E-state index in [0.717, 1.165) is 24.3 Å². The van der Waals surface area contributed by atoms with Crippen molar-refractivity contribution in [3.8, 4) is 0 Å². The molecule has 0 aliphatic carbocycles. The molecule has 0 heterocycles. The second-order valence-electron chi connectivity index (χ2n) is 4.97.